The van der Waals surface area contributed by atoms with Crippen molar-refractivity contribution < 1.29 is 9.53 Å². The Bertz CT molecular complexity index is 526. The fraction of sp³-hybridized carbons (Fsp3) is 0.308. The molecule has 0 N–H and O–H groups in total. The molecule has 84 valence electrons. The Labute approximate surface area is 98.9 Å². The molecule has 1 aromatic carbocycles. The highest BCUT2D eigenvalue weighted by molar-refractivity contribution is 7.21. The topological polar surface area (TPSA) is 26.3 Å². The number of ether oxygens (including phenoxy) is 1. The summed E-state index contributed by atoms with van der Waals surface area (Å²) in [5.74, 6) is 0.467. The first-order valence-electron chi connectivity index (χ1n) is 5.23. The van der Waals surface area contributed by atoms with E-state index in [2.05, 4.69) is 32.0 Å². The zero-order chi connectivity index (χ0) is 11.7. The number of aldehydes is 1. The van der Waals surface area contributed by atoms with Gasteiger partial charge in [0.25, 0.3) is 0 Å². The van der Waals surface area contributed by atoms with Crippen molar-refractivity contribution in [2.45, 2.75) is 19.8 Å². The average molecular weight is 234 g/mol. The van der Waals surface area contributed by atoms with Crippen LogP contribution in [0.3, 0.4) is 0 Å². The molecule has 0 amide bonds. The summed E-state index contributed by atoms with van der Waals surface area (Å²) >= 11 is 1.52. The standard InChI is InChI=1S/C13H14O2S/c1-8(2)9-4-5-12-10(6-9)11(7-14)13(15-3)16-12/h4-8H,1-3H3. The van der Waals surface area contributed by atoms with E-state index in [-0.39, 0.29) is 0 Å². The Balaban J connectivity index is 2.70. The van der Waals surface area contributed by atoms with Crippen LogP contribution < -0.4 is 4.74 Å². The number of rotatable bonds is 3. The third-order valence-electron chi connectivity index (χ3n) is 2.69. The van der Waals surface area contributed by atoms with Crippen molar-refractivity contribution in [3.05, 3.63) is 29.3 Å². The smallest absolute Gasteiger partial charge is 0.185 e. The van der Waals surface area contributed by atoms with Crippen LogP contribution in [-0.2, 0) is 0 Å². The Morgan fingerprint density at radius 2 is 2.12 bits per heavy atom. The third kappa shape index (κ3) is 1.71. The molecule has 0 saturated heterocycles. The number of thiophene rings is 1. The van der Waals surface area contributed by atoms with Crippen LogP contribution in [0.1, 0.15) is 35.7 Å². The van der Waals surface area contributed by atoms with Crippen LogP contribution in [0.4, 0.5) is 0 Å². The summed E-state index contributed by atoms with van der Waals surface area (Å²) in [5.41, 5.74) is 1.92. The SMILES string of the molecule is COc1sc2ccc(C(C)C)cc2c1C=O. The molecule has 0 unspecified atom stereocenters. The van der Waals surface area contributed by atoms with Gasteiger partial charge < -0.3 is 4.74 Å². The molecule has 0 saturated carbocycles. The molecule has 0 aliphatic carbocycles. The second-order valence-corrected chi connectivity index (χ2v) is 5.05. The highest BCUT2D eigenvalue weighted by Crippen LogP contribution is 2.37. The molecule has 0 fully saturated rings. The van der Waals surface area contributed by atoms with Crippen LogP contribution >= 0.6 is 11.3 Å². The molecule has 1 aromatic heterocycles. The molecule has 2 nitrogen and oxygen atoms in total. The predicted molar refractivity (Wildman–Crippen MR) is 67.9 cm³/mol. The Kier molecular flexibility index (Phi) is 2.97. The highest BCUT2D eigenvalue weighted by atomic mass is 32.1. The second-order valence-electron chi connectivity index (χ2n) is 4.04. The molecule has 2 aromatic rings. The van der Waals surface area contributed by atoms with E-state index in [1.165, 1.54) is 16.9 Å². The minimum Gasteiger partial charge on any atom is -0.487 e. The van der Waals surface area contributed by atoms with Crippen molar-refractivity contribution in [1.82, 2.24) is 0 Å². The number of methoxy groups -OCH3 is 1. The van der Waals surface area contributed by atoms with E-state index in [1.54, 1.807) is 7.11 Å². The molecule has 1 heterocycles. The van der Waals surface area contributed by atoms with E-state index in [0.29, 0.717) is 16.5 Å². The largest absolute Gasteiger partial charge is 0.487 e. The molecule has 2 rings (SSSR count). The monoisotopic (exact) mass is 234 g/mol. The van der Waals surface area contributed by atoms with Crippen molar-refractivity contribution in [3.8, 4) is 5.06 Å². The number of fused-ring (bicyclic) bond motifs is 1. The summed E-state index contributed by atoms with van der Waals surface area (Å²) in [6.07, 6.45) is 0.877. The molecular weight excluding hydrogens is 220 g/mol. The van der Waals surface area contributed by atoms with E-state index < -0.39 is 0 Å². The molecule has 0 atom stereocenters. The molecule has 3 heteroatoms. The van der Waals surface area contributed by atoms with E-state index >= 15 is 0 Å². The van der Waals surface area contributed by atoms with Gasteiger partial charge in [0.15, 0.2) is 11.3 Å². The lowest BCUT2D eigenvalue weighted by atomic mass is 10.0. The van der Waals surface area contributed by atoms with Gasteiger partial charge >= 0.3 is 0 Å². The number of carbonyl (C=O) groups is 1. The number of benzene rings is 1. The fourth-order valence-electron chi connectivity index (χ4n) is 1.73. The van der Waals surface area contributed by atoms with Gasteiger partial charge in [-0.15, -0.1) is 0 Å². The van der Waals surface area contributed by atoms with Gasteiger partial charge in [0.2, 0.25) is 0 Å². The van der Waals surface area contributed by atoms with Crippen LogP contribution in [0.5, 0.6) is 5.06 Å². The van der Waals surface area contributed by atoms with E-state index in [1.807, 2.05) is 0 Å². The molecular formula is C13H14O2S. The van der Waals surface area contributed by atoms with E-state index in [0.717, 1.165) is 16.4 Å². The maximum Gasteiger partial charge on any atom is 0.185 e. The summed E-state index contributed by atoms with van der Waals surface area (Å²) in [7, 11) is 1.60. The average Bonchev–Trinajstić information content (AvgIpc) is 2.65. The lowest BCUT2D eigenvalue weighted by molar-refractivity contribution is 0.112. The first kappa shape index (κ1) is 11.1. The van der Waals surface area contributed by atoms with Crippen LogP contribution in [0.15, 0.2) is 18.2 Å². The van der Waals surface area contributed by atoms with Crippen molar-refractivity contribution in [2.75, 3.05) is 7.11 Å². The maximum absolute atomic E-state index is 11.1. The number of hydrogen-bond donors (Lipinski definition) is 0. The Morgan fingerprint density at radius 3 is 2.69 bits per heavy atom. The molecule has 0 aliphatic rings. The molecule has 0 radical (unpaired) electrons. The van der Waals surface area contributed by atoms with Gasteiger partial charge in [-0.05, 0) is 23.6 Å². The third-order valence-corrected chi connectivity index (χ3v) is 3.83. The summed E-state index contributed by atoms with van der Waals surface area (Å²) in [6.45, 7) is 4.29. The van der Waals surface area contributed by atoms with E-state index in [4.69, 9.17) is 4.74 Å². The second kappa shape index (κ2) is 4.26. The summed E-state index contributed by atoms with van der Waals surface area (Å²) in [5, 5.41) is 1.70. The molecule has 0 aliphatic heterocycles. The molecule has 16 heavy (non-hydrogen) atoms. The lowest BCUT2D eigenvalue weighted by Crippen LogP contribution is -1.88. The normalized spacial score (nSPS) is 11.0. The quantitative estimate of drug-likeness (QED) is 0.754. The number of hydrogen-bond acceptors (Lipinski definition) is 3. The van der Waals surface area contributed by atoms with Gasteiger partial charge in [0, 0.05) is 10.1 Å². The predicted octanol–water partition coefficient (Wildman–Crippen LogP) is 3.85. The zero-order valence-electron chi connectivity index (χ0n) is 9.61. The minimum absolute atomic E-state index is 0.467. The molecule has 0 bridgehead atoms. The maximum atomic E-state index is 11.1. The Hall–Kier alpha value is -1.35. The van der Waals surface area contributed by atoms with Crippen LogP contribution in [0.2, 0.25) is 0 Å². The summed E-state index contributed by atoms with van der Waals surface area (Å²) in [6, 6.07) is 6.26. The van der Waals surface area contributed by atoms with Crippen molar-refractivity contribution >= 4 is 27.7 Å². The first-order valence-corrected chi connectivity index (χ1v) is 6.04. The van der Waals surface area contributed by atoms with Gasteiger partial charge in [-0.1, -0.05) is 31.3 Å². The van der Waals surface area contributed by atoms with Gasteiger partial charge in [0.1, 0.15) is 0 Å². The number of carbonyl (C=O) groups excluding carboxylic acids is 1. The Morgan fingerprint density at radius 1 is 1.38 bits per heavy atom. The van der Waals surface area contributed by atoms with Crippen LogP contribution in [-0.4, -0.2) is 13.4 Å². The fourth-order valence-corrected chi connectivity index (χ4v) is 2.70. The minimum atomic E-state index is 0.467. The zero-order valence-corrected chi connectivity index (χ0v) is 10.4. The van der Waals surface area contributed by atoms with Crippen LogP contribution in [0, 0.1) is 0 Å². The molecule has 0 spiro atoms. The van der Waals surface area contributed by atoms with Crippen molar-refractivity contribution in [3.63, 3.8) is 0 Å². The lowest BCUT2D eigenvalue weighted by Gasteiger charge is -2.04. The first-order chi connectivity index (χ1) is 7.67. The highest BCUT2D eigenvalue weighted by Gasteiger charge is 2.13. The summed E-state index contributed by atoms with van der Waals surface area (Å²) in [4.78, 5) is 11.1. The summed E-state index contributed by atoms with van der Waals surface area (Å²) < 4.78 is 6.31. The van der Waals surface area contributed by atoms with Gasteiger partial charge in [-0.2, -0.15) is 0 Å². The van der Waals surface area contributed by atoms with Gasteiger partial charge in [-0.25, -0.2) is 0 Å². The van der Waals surface area contributed by atoms with Crippen LogP contribution in [0.25, 0.3) is 10.1 Å². The van der Waals surface area contributed by atoms with Crippen molar-refractivity contribution in [1.29, 1.82) is 0 Å². The van der Waals surface area contributed by atoms with Crippen molar-refractivity contribution in [2.24, 2.45) is 0 Å². The van der Waals surface area contributed by atoms with E-state index in [9.17, 15) is 4.79 Å². The van der Waals surface area contributed by atoms with Gasteiger partial charge in [-0.3, -0.25) is 4.79 Å². The van der Waals surface area contributed by atoms with Gasteiger partial charge in [0.05, 0.1) is 12.7 Å².